The van der Waals surface area contributed by atoms with E-state index in [4.69, 9.17) is 11.6 Å². The molecule has 8 nitrogen and oxygen atoms in total. The molecule has 0 saturated heterocycles. The number of nitrogens with zero attached hydrogens (tertiary/aromatic N) is 1. The van der Waals surface area contributed by atoms with E-state index in [2.05, 4.69) is 10.0 Å². The number of amides is 1. The first-order valence-electron chi connectivity index (χ1n) is 12.5. The number of alkyl halides is 3. The van der Waals surface area contributed by atoms with Crippen molar-refractivity contribution in [2.24, 2.45) is 0 Å². The molecule has 4 aromatic carbocycles. The number of anilines is 3. The Hall–Kier alpha value is -4.07. The molecule has 0 bridgehead atoms. The summed E-state index contributed by atoms with van der Waals surface area (Å²) < 4.78 is 96.1. The fraction of sp³-hybridized carbons (Fsp3) is 0.138. The Labute approximate surface area is 252 Å². The molecule has 0 aromatic heterocycles. The molecule has 0 atom stereocenters. The maximum atomic E-state index is 13.5. The lowest BCUT2D eigenvalue weighted by atomic mass is 10.2. The molecule has 4 aromatic rings. The lowest BCUT2D eigenvalue weighted by molar-refractivity contribution is -0.137. The number of halogens is 4. The minimum atomic E-state index is -4.75. The Balaban J connectivity index is 1.58. The average molecular weight is 652 g/mol. The van der Waals surface area contributed by atoms with Gasteiger partial charge in [0.25, 0.3) is 20.0 Å². The van der Waals surface area contributed by atoms with Crippen LogP contribution in [0.25, 0.3) is 0 Å². The standard InChI is InChI=1S/C29H25ClF3N3O5S2/c1-19-9-13-25(14-10-19)43(40,41)36(23-6-3-5-21(17-23)29(31,32)33)18-28(37)34-22-11-15-24(16-12-22)42(38,39)35-27-8-4-7-26(30)20(27)2/h3-17,35H,18H2,1-2H3,(H,34,37). The van der Waals surface area contributed by atoms with E-state index in [1.807, 2.05) is 0 Å². The smallest absolute Gasteiger partial charge is 0.325 e. The number of carbonyl (C=O) groups is 1. The van der Waals surface area contributed by atoms with Gasteiger partial charge >= 0.3 is 6.18 Å². The number of carbonyl (C=O) groups excluding carboxylic acids is 1. The predicted octanol–water partition coefficient (Wildman–Crippen LogP) is 6.61. The Bertz CT molecular complexity index is 1870. The lowest BCUT2D eigenvalue weighted by Gasteiger charge is -2.25. The van der Waals surface area contributed by atoms with Crippen molar-refractivity contribution in [3.63, 3.8) is 0 Å². The number of rotatable bonds is 9. The Kier molecular flexibility index (Phi) is 9.09. The van der Waals surface area contributed by atoms with Crippen LogP contribution in [0.1, 0.15) is 16.7 Å². The van der Waals surface area contributed by atoms with Crippen molar-refractivity contribution in [1.82, 2.24) is 0 Å². The second-order valence-corrected chi connectivity index (χ2v) is 13.4. The van der Waals surface area contributed by atoms with Crippen molar-refractivity contribution in [2.75, 3.05) is 20.9 Å². The van der Waals surface area contributed by atoms with Crippen molar-refractivity contribution >= 4 is 54.6 Å². The van der Waals surface area contributed by atoms with Gasteiger partial charge in [-0.05, 0) is 86.1 Å². The first-order chi connectivity index (χ1) is 20.1. The van der Waals surface area contributed by atoms with Crippen LogP contribution in [0.3, 0.4) is 0 Å². The number of hydrogen-bond acceptors (Lipinski definition) is 5. The molecule has 0 saturated carbocycles. The van der Waals surface area contributed by atoms with Crippen LogP contribution in [0.4, 0.5) is 30.2 Å². The van der Waals surface area contributed by atoms with Gasteiger partial charge in [0.2, 0.25) is 5.91 Å². The first-order valence-corrected chi connectivity index (χ1v) is 15.8. The van der Waals surface area contributed by atoms with E-state index in [1.165, 1.54) is 48.5 Å². The monoisotopic (exact) mass is 651 g/mol. The molecule has 0 heterocycles. The third kappa shape index (κ3) is 7.48. The summed E-state index contributed by atoms with van der Waals surface area (Å²) in [7, 11) is -8.50. The second-order valence-electron chi connectivity index (χ2n) is 9.46. The van der Waals surface area contributed by atoms with Gasteiger partial charge in [0.1, 0.15) is 6.54 Å². The average Bonchev–Trinajstić information content (AvgIpc) is 2.94. The van der Waals surface area contributed by atoms with Crippen molar-refractivity contribution in [3.8, 4) is 0 Å². The summed E-state index contributed by atoms with van der Waals surface area (Å²) in [6.45, 7) is 2.52. The molecule has 4 rings (SSSR count). The van der Waals surface area contributed by atoms with Gasteiger partial charge in [-0.1, -0.05) is 41.4 Å². The van der Waals surface area contributed by atoms with E-state index in [0.29, 0.717) is 21.0 Å². The summed E-state index contributed by atoms with van der Waals surface area (Å²) in [5.74, 6) is -0.878. The third-order valence-electron chi connectivity index (χ3n) is 6.32. The van der Waals surface area contributed by atoms with E-state index in [-0.39, 0.29) is 26.9 Å². The van der Waals surface area contributed by atoms with Crippen LogP contribution in [0.5, 0.6) is 0 Å². The minimum Gasteiger partial charge on any atom is -0.325 e. The number of benzene rings is 4. The third-order valence-corrected chi connectivity index (χ3v) is 9.90. The Morgan fingerprint density at radius 3 is 2.07 bits per heavy atom. The van der Waals surface area contributed by atoms with Crippen LogP contribution in [-0.2, 0) is 31.0 Å². The summed E-state index contributed by atoms with van der Waals surface area (Å²) in [6, 6.07) is 19.1. The molecular weight excluding hydrogens is 627 g/mol. The van der Waals surface area contributed by atoms with Gasteiger partial charge in [0.05, 0.1) is 26.7 Å². The van der Waals surface area contributed by atoms with Crippen molar-refractivity contribution < 1.29 is 34.8 Å². The highest BCUT2D eigenvalue weighted by molar-refractivity contribution is 7.93. The largest absolute Gasteiger partial charge is 0.416 e. The molecule has 14 heteroatoms. The van der Waals surface area contributed by atoms with E-state index in [9.17, 15) is 34.8 Å². The SMILES string of the molecule is Cc1ccc(S(=O)(=O)N(CC(=O)Nc2ccc(S(=O)(=O)Nc3cccc(Cl)c3C)cc2)c2cccc(C(F)(F)F)c2)cc1. The van der Waals surface area contributed by atoms with E-state index in [1.54, 1.807) is 32.0 Å². The van der Waals surface area contributed by atoms with Crippen LogP contribution in [0.2, 0.25) is 5.02 Å². The highest BCUT2D eigenvalue weighted by Crippen LogP contribution is 2.33. The summed E-state index contributed by atoms with van der Waals surface area (Å²) in [6.07, 6.45) is -4.75. The highest BCUT2D eigenvalue weighted by Gasteiger charge is 2.33. The van der Waals surface area contributed by atoms with Gasteiger partial charge in [0, 0.05) is 10.7 Å². The topological polar surface area (TPSA) is 113 Å². The molecule has 0 aliphatic carbocycles. The van der Waals surface area contributed by atoms with Crippen LogP contribution in [0, 0.1) is 13.8 Å². The van der Waals surface area contributed by atoms with Crippen molar-refractivity contribution in [3.05, 3.63) is 113 Å². The zero-order chi connectivity index (χ0) is 31.6. The summed E-state index contributed by atoms with van der Waals surface area (Å²) in [4.78, 5) is 12.7. The van der Waals surface area contributed by atoms with Gasteiger partial charge in [-0.2, -0.15) is 13.2 Å². The minimum absolute atomic E-state index is 0.125. The van der Waals surface area contributed by atoms with Gasteiger partial charge in [-0.25, -0.2) is 16.8 Å². The van der Waals surface area contributed by atoms with Gasteiger partial charge in [-0.15, -0.1) is 0 Å². The molecule has 0 fully saturated rings. The number of sulfonamides is 2. The van der Waals surface area contributed by atoms with Crippen LogP contribution in [0.15, 0.2) is 101 Å². The molecule has 2 N–H and O–H groups in total. The maximum Gasteiger partial charge on any atom is 0.416 e. The van der Waals surface area contributed by atoms with Gasteiger partial charge in [-0.3, -0.25) is 13.8 Å². The molecule has 0 aliphatic rings. The van der Waals surface area contributed by atoms with Gasteiger partial charge < -0.3 is 5.32 Å². The van der Waals surface area contributed by atoms with E-state index in [0.717, 1.165) is 23.8 Å². The Morgan fingerprint density at radius 2 is 1.44 bits per heavy atom. The normalized spacial score (nSPS) is 12.0. The van der Waals surface area contributed by atoms with E-state index < -0.39 is 44.2 Å². The molecule has 226 valence electrons. The first kappa shape index (κ1) is 31.9. The van der Waals surface area contributed by atoms with Crippen LogP contribution in [-0.4, -0.2) is 29.3 Å². The molecule has 0 radical (unpaired) electrons. The molecule has 0 aliphatic heterocycles. The predicted molar refractivity (Wildman–Crippen MR) is 159 cm³/mol. The second kappa shape index (κ2) is 12.3. The highest BCUT2D eigenvalue weighted by atomic mass is 35.5. The zero-order valence-corrected chi connectivity index (χ0v) is 25.1. The van der Waals surface area contributed by atoms with Crippen molar-refractivity contribution in [1.29, 1.82) is 0 Å². The fourth-order valence-corrected chi connectivity index (χ4v) is 6.67. The number of nitrogens with one attached hydrogen (secondary N) is 2. The van der Waals surface area contributed by atoms with Crippen LogP contribution >= 0.6 is 11.6 Å². The van der Waals surface area contributed by atoms with Crippen molar-refractivity contribution in [2.45, 2.75) is 29.8 Å². The van der Waals surface area contributed by atoms with Gasteiger partial charge in [0.15, 0.2) is 0 Å². The maximum absolute atomic E-state index is 13.5. The fourth-order valence-electron chi connectivity index (χ4n) is 3.96. The number of aryl methyl sites for hydroxylation is 1. The molecular formula is C29H25ClF3N3O5S2. The summed E-state index contributed by atoms with van der Waals surface area (Å²) in [5, 5.41) is 2.84. The lowest BCUT2D eigenvalue weighted by Crippen LogP contribution is -2.38. The quantitative estimate of drug-likeness (QED) is 0.212. The molecule has 0 unspecified atom stereocenters. The molecule has 1 amide bonds. The van der Waals surface area contributed by atoms with E-state index >= 15 is 0 Å². The summed E-state index contributed by atoms with van der Waals surface area (Å²) >= 11 is 6.06. The Morgan fingerprint density at radius 1 is 0.837 bits per heavy atom. The van der Waals surface area contributed by atoms with Crippen LogP contribution < -0.4 is 14.3 Å². The number of hydrogen-bond donors (Lipinski definition) is 2. The molecule has 43 heavy (non-hydrogen) atoms. The summed E-state index contributed by atoms with van der Waals surface area (Å²) in [5.41, 5.74) is 0.240. The molecule has 0 spiro atoms. The zero-order valence-electron chi connectivity index (χ0n) is 22.7.